The Morgan fingerprint density at radius 2 is 2.00 bits per heavy atom. The Morgan fingerprint density at radius 3 is 2.60 bits per heavy atom. The van der Waals surface area contributed by atoms with Crippen LogP contribution in [0.1, 0.15) is 60.3 Å². The highest BCUT2D eigenvalue weighted by Gasteiger charge is 2.27. The van der Waals surface area contributed by atoms with E-state index in [1.54, 1.807) is 0 Å². The molecule has 1 amide bonds. The fourth-order valence-corrected chi connectivity index (χ4v) is 2.65. The van der Waals surface area contributed by atoms with Crippen molar-refractivity contribution in [2.45, 2.75) is 65.9 Å². The summed E-state index contributed by atoms with van der Waals surface area (Å²) in [6.45, 7) is 14.0. The first-order valence-electron chi connectivity index (χ1n) is 9.35. The van der Waals surface area contributed by atoms with Gasteiger partial charge in [-0.15, -0.1) is 24.0 Å². The number of aliphatic imine (C=N–C) groups is 1. The molecule has 0 aliphatic carbocycles. The second-order valence-corrected chi connectivity index (χ2v) is 7.43. The lowest BCUT2D eigenvalue weighted by Gasteiger charge is -2.33. The zero-order chi connectivity index (χ0) is 18.0. The summed E-state index contributed by atoms with van der Waals surface area (Å²) in [6.07, 6.45) is 4.22. The SMILES string of the molecule is CCCCNC(=NCC1CCCN(C(=O)OC(C)(C)C)C1)NCC.I. The maximum absolute atomic E-state index is 12.2. The number of nitrogens with one attached hydrogen (secondary N) is 2. The molecule has 0 bridgehead atoms. The fraction of sp³-hybridized carbons (Fsp3) is 0.889. The zero-order valence-corrected chi connectivity index (χ0v) is 18.9. The zero-order valence-electron chi connectivity index (χ0n) is 16.6. The number of rotatable bonds is 6. The second-order valence-electron chi connectivity index (χ2n) is 7.43. The Kier molecular flexibility index (Phi) is 12.2. The normalized spacial score (nSPS) is 18.4. The topological polar surface area (TPSA) is 66.0 Å². The van der Waals surface area contributed by atoms with E-state index in [1.807, 2.05) is 25.7 Å². The lowest BCUT2D eigenvalue weighted by atomic mass is 9.98. The van der Waals surface area contributed by atoms with Gasteiger partial charge in [-0.05, 0) is 52.9 Å². The minimum Gasteiger partial charge on any atom is -0.444 e. The first-order chi connectivity index (χ1) is 11.4. The van der Waals surface area contributed by atoms with E-state index in [4.69, 9.17) is 9.73 Å². The number of unbranched alkanes of at least 4 members (excludes halogenated alkanes) is 1. The van der Waals surface area contributed by atoms with Gasteiger partial charge in [0.05, 0.1) is 0 Å². The Morgan fingerprint density at radius 1 is 1.28 bits per heavy atom. The molecule has 0 saturated carbocycles. The number of nitrogens with zero attached hydrogens (tertiary/aromatic N) is 2. The van der Waals surface area contributed by atoms with Crippen LogP contribution >= 0.6 is 24.0 Å². The molecule has 1 saturated heterocycles. The average molecular weight is 468 g/mol. The number of halogens is 1. The highest BCUT2D eigenvalue weighted by molar-refractivity contribution is 14.0. The molecule has 0 aromatic rings. The van der Waals surface area contributed by atoms with E-state index in [9.17, 15) is 4.79 Å². The van der Waals surface area contributed by atoms with E-state index < -0.39 is 5.60 Å². The predicted molar refractivity (Wildman–Crippen MR) is 115 cm³/mol. The predicted octanol–water partition coefficient (Wildman–Crippen LogP) is 3.61. The molecule has 1 rings (SSSR count). The van der Waals surface area contributed by atoms with E-state index >= 15 is 0 Å². The number of piperidine rings is 1. The molecule has 0 aromatic carbocycles. The van der Waals surface area contributed by atoms with Gasteiger partial charge in [0.15, 0.2) is 5.96 Å². The average Bonchev–Trinajstić information content (AvgIpc) is 2.51. The largest absolute Gasteiger partial charge is 0.444 e. The van der Waals surface area contributed by atoms with Crippen LogP contribution in [0.3, 0.4) is 0 Å². The molecule has 1 heterocycles. The second kappa shape index (κ2) is 12.6. The number of hydrogen-bond donors (Lipinski definition) is 2. The molecule has 7 heteroatoms. The summed E-state index contributed by atoms with van der Waals surface area (Å²) in [5.74, 6) is 1.27. The van der Waals surface area contributed by atoms with E-state index in [-0.39, 0.29) is 30.1 Å². The number of ether oxygens (including phenoxy) is 1. The van der Waals surface area contributed by atoms with Crippen LogP contribution in [-0.4, -0.2) is 55.3 Å². The third-order valence-corrected chi connectivity index (χ3v) is 3.85. The molecule has 148 valence electrons. The maximum Gasteiger partial charge on any atom is 0.410 e. The molecule has 1 unspecified atom stereocenters. The van der Waals surface area contributed by atoms with Crippen LogP contribution in [0.2, 0.25) is 0 Å². The molecule has 25 heavy (non-hydrogen) atoms. The highest BCUT2D eigenvalue weighted by Crippen LogP contribution is 2.19. The first-order valence-corrected chi connectivity index (χ1v) is 9.35. The van der Waals surface area contributed by atoms with Crippen molar-refractivity contribution in [3.8, 4) is 0 Å². The van der Waals surface area contributed by atoms with Gasteiger partial charge in [0, 0.05) is 32.7 Å². The molecule has 6 nitrogen and oxygen atoms in total. The van der Waals surface area contributed by atoms with Crippen LogP contribution in [0.4, 0.5) is 4.79 Å². The monoisotopic (exact) mass is 468 g/mol. The number of guanidine groups is 1. The first kappa shape index (κ1) is 24.3. The lowest BCUT2D eigenvalue weighted by molar-refractivity contribution is 0.0170. The fourth-order valence-electron chi connectivity index (χ4n) is 2.65. The van der Waals surface area contributed by atoms with Crippen molar-refractivity contribution in [2.24, 2.45) is 10.9 Å². The summed E-state index contributed by atoms with van der Waals surface area (Å²) in [4.78, 5) is 18.7. The van der Waals surface area contributed by atoms with E-state index in [0.29, 0.717) is 5.92 Å². The third kappa shape index (κ3) is 10.8. The van der Waals surface area contributed by atoms with Gasteiger partial charge in [-0.2, -0.15) is 0 Å². The quantitative estimate of drug-likeness (QED) is 0.271. The summed E-state index contributed by atoms with van der Waals surface area (Å²) in [5, 5.41) is 6.64. The van der Waals surface area contributed by atoms with E-state index in [2.05, 4.69) is 24.5 Å². The van der Waals surface area contributed by atoms with Crippen LogP contribution in [0.15, 0.2) is 4.99 Å². The minimum absolute atomic E-state index is 0. The van der Waals surface area contributed by atoms with Crippen LogP contribution in [0.25, 0.3) is 0 Å². The smallest absolute Gasteiger partial charge is 0.410 e. The summed E-state index contributed by atoms with van der Waals surface area (Å²) >= 11 is 0. The minimum atomic E-state index is -0.441. The molecule has 0 aromatic heterocycles. The van der Waals surface area contributed by atoms with Crippen LogP contribution < -0.4 is 10.6 Å². The van der Waals surface area contributed by atoms with Crippen LogP contribution in [0.5, 0.6) is 0 Å². The molecule has 1 atom stereocenters. The van der Waals surface area contributed by atoms with Crippen molar-refractivity contribution in [1.82, 2.24) is 15.5 Å². The van der Waals surface area contributed by atoms with Crippen LogP contribution in [0, 0.1) is 5.92 Å². The molecule has 2 N–H and O–H groups in total. The lowest BCUT2D eigenvalue weighted by Crippen LogP contribution is -2.44. The van der Waals surface area contributed by atoms with Gasteiger partial charge in [-0.3, -0.25) is 4.99 Å². The van der Waals surface area contributed by atoms with Crippen molar-refractivity contribution in [2.75, 3.05) is 32.7 Å². The Balaban J connectivity index is 0.00000576. The standard InChI is InChI=1S/C18H36N4O2.HI/c1-6-8-11-20-16(19-7-2)21-13-15-10-9-12-22(14-15)17(23)24-18(3,4)5;/h15H,6-14H2,1-5H3,(H2,19,20,21);1H. The molecule has 0 spiro atoms. The van der Waals surface area contributed by atoms with Gasteiger partial charge < -0.3 is 20.3 Å². The van der Waals surface area contributed by atoms with Crippen molar-refractivity contribution >= 4 is 36.0 Å². The van der Waals surface area contributed by atoms with Gasteiger partial charge in [-0.25, -0.2) is 4.79 Å². The number of likely N-dealkylation sites (tertiary alicyclic amines) is 1. The molecule has 1 aliphatic heterocycles. The number of amides is 1. The molecule has 1 fully saturated rings. The number of carbonyl (C=O) groups is 1. The van der Waals surface area contributed by atoms with Crippen molar-refractivity contribution in [3.05, 3.63) is 0 Å². The molecule has 0 radical (unpaired) electrons. The van der Waals surface area contributed by atoms with Gasteiger partial charge in [0.1, 0.15) is 5.60 Å². The summed E-state index contributed by atoms with van der Waals surface area (Å²) in [5.41, 5.74) is -0.441. The van der Waals surface area contributed by atoms with Crippen molar-refractivity contribution in [1.29, 1.82) is 0 Å². The van der Waals surface area contributed by atoms with Gasteiger partial charge in [-0.1, -0.05) is 13.3 Å². The van der Waals surface area contributed by atoms with E-state index in [0.717, 1.165) is 57.9 Å². The summed E-state index contributed by atoms with van der Waals surface area (Å²) in [6, 6.07) is 0. The Labute approximate surface area is 170 Å². The van der Waals surface area contributed by atoms with Crippen molar-refractivity contribution in [3.63, 3.8) is 0 Å². The number of hydrogen-bond acceptors (Lipinski definition) is 3. The van der Waals surface area contributed by atoms with Crippen molar-refractivity contribution < 1.29 is 9.53 Å². The number of carbonyl (C=O) groups excluding carboxylic acids is 1. The molecular formula is C18H37IN4O2. The van der Waals surface area contributed by atoms with E-state index in [1.165, 1.54) is 6.42 Å². The Bertz CT molecular complexity index is 410. The maximum atomic E-state index is 12.2. The summed E-state index contributed by atoms with van der Waals surface area (Å²) < 4.78 is 5.48. The summed E-state index contributed by atoms with van der Waals surface area (Å²) in [7, 11) is 0. The highest BCUT2D eigenvalue weighted by atomic mass is 127. The van der Waals surface area contributed by atoms with Crippen LogP contribution in [-0.2, 0) is 4.74 Å². The molecular weight excluding hydrogens is 431 g/mol. The third-order valence-electron chi connectivity index (χ3n) is 3.85. The van der Waals surface area contributed by atoms with Gasteiger partial charge >= 0.3 is 6.09 Å². The van der Waals surface area contributed by atoms with Gasteiger partial charge in [0.2, 0.25) is 0 Å². The Hall–Kier alpha value is -0.730. The molecule has 1 aliphatic rings. The van der Waals surface area contributed by atoms with Gasteiger partial charge in [0.25, 0.3) is 0 Å².